The molecule has 0 saturated heterocycles. The van der Waals surface area contributed by atoms with Gasteiger partial charge in [0.15, 0.2) is 0 Å². The lowest BCUT2D eigenvalue weighted by molar-refractivity contribution is -0.137. The molecule has 1 aromatic carbocycles. The summed E-state index contributed by atoms with van der Waals surface area (Å²) in [6.07, 6.45) is -2.08. The number of fused-ring (bicyclic) bond motifs is 1. The molecule has 8 heteroatoms. The van der Waals surface area contributed by atoms with Crippen molar-refractivity contribution >= 4 is 17.4 Å². The molecular formula is C17H12ClF3N4. The third kappa shape index (κ3) is 2.74. The SMILES string of the molecule is FC(F)(F)c1ccc(Cl)c(-n2nc(-c3ccccn3)c3c2NCC3)c1. The zero-order valence-electron chi connectivity index (χ0n) is 12.8. The first-order chi connectivity index (χ1) is 11.9. The molecule has 1 N–H and O–H groups in total. The Balaban J connectivity index is 1.91. The molecule has 0 aliphatic carbocycles. The highest BCUT2D eigenvalue weighted by atomic mass is 35.5. The van der Waals surface area contributed by atoms with Crippen molar-refractivity contribution in [2.75, 3.05) is 11.9 Å². The fourth-order valence-electron chi connectivity index (χ4n) is 2.91. The number of alkyl halides is 3. The minimum Gasteiger partial charge on any atom is -0.369 e. The molecule has 1 aliphatic rings. The maximum absolute atomic E-state index is 13.1. The molecule has 3 aromatic rings. The normalized spacial score (nSPS) is 13.6. The van der Waals surface area contributed by atoms with Gasteiger partial charge in [0.2, 0.25) is 0 Å². The second-order valence-corrected chi connectivity index (χ2v) is 6.05. The summed E-state index contributed by atoms with van der Waals surface area (Å²) in [5, 5.41) is 7.87. The molecule has 0 bridgehead atoms. The number of anilines is 1. The summed E-state index contributed by atoms with van der Waals surface area (Å²) in [5.41, 5.74) is 1.66. The first-order valence-corrected chi connectivity index (χ1v) is 7.97. The maximum Gasteiger partial charge on any atom is 0.416 e. The van der Waals surface area contributed by atoms with Crippen molar-refractivity contribution in [1.29, 1.82) is 0 Å². The van der Waals surface area contributed by atoms with Gasteiger partial charge in [0.1, 0.15) is 11.5 Å². The average molecular weight is 365 g/mol. The van der Waals surface area contributed by atoms with Crippen molar-refractivity contribution in [2.45, 2.75) is 12.6 Å². The standard InChI is InChI=1S/C17H12ClF3N4/c18-12-5-4-10(17(19,20)21)9-14(12)25-16-11(6-8-23-16)15(24-25)13-3-1-2-7-22-13/h1-5,7,9,23H,6,8H2. The van der Waals surface area contributed by atoms with E-state index in [1.165, 1.54) is 10.7 Å². The summed E-state index contributed by atoms with van der Waals surface area (Å²) in [5.74, 6) is 0.655. The highest BCUT2D eigenvalue weighted by Gasteiger charge is 2.32. The number of halogens is 4. The van der Waals surface area contributed by atoms with Crippen molar-refractivity contribution in [3.63, 3.8) is 0 Å². The Morgan fingerprint density at radius 2 is 2.00 bits per heavy atom. The summed E-state index contributed by atoms with van der Waals surface area (Å²) >= 11 is 6.17. The smallest absolute Gasteiger partial charge is 0.369 e. The lowest BCUT2D eigenvalue weighted by Gasteiger charge is -2.12. The maximum atomic E-state index is 13.1. The van der Waals surface area contributed by atoms with Gasteiger partial charge in [0.25, 0.3) is 0 Å². The van der Waals surface area contributed by atoms with Crippen molar-refractivity contribution in [3.8, 4) is 17.1 Å². The van der Waals surface area contributed by atoms with Crippen LogP contribution in [-0.4, -0.2) is 21.3 Å². The number of nitrogens with one attached hydrogen (secondary N) is 1. The molecule has 0 fully saturated rings. The molecule has 0 spiro atoms. The van der Waals surface area contributed by atoms with E-state index in [-0.39, 0.29) is 10.7 Å². The van der Waals surface area contributed by atoms with Crippen molar-refractivity contribution < 1.29 is 13.2 Å². The molecule has 128 valence electrons. The Hall–Kier alpha value is -2.54. The van der Waals surface area contributed by atoms with Gasteiger partial charge < -0.3 is 5.32 Å². The van der Waals surface area contributed by atoms with Gasteiger partial charge in [-0.15, -0.1) is 0 Å². The molecule has 4 nitrogen and oxygen atoms in total. The quantitative estimate of drug-likeness (QED) is 0.724. The van der Waals surface area contributed by atoms with Crippen LogP contribution in [0.3, 0.4) is 0 Å². The summed E-state index contributed by atoms with van der Waals surface area (Å²) < 4.78 is 40.6. The summed E-state index contributed by atoms with van der Waals surface area (Å²) in [4.78, 5) is 4.30. The first-order valence-electron chi connectivity index (χ1n) is 7.59. The van der Waals surface area contributed by atoms with Crippen LogP contribution in [-0.2, 0) is 12.6 Å². The van der Waals surface area contributed by atoms with E-state index in [1.807, 2.05) is 12.1 Å². The van der Waals surface area contributed by atoms with E-state index in [4.69, 9.17) is 11.6 Å². The molecule has 0 unspecified atom stereocenters. The number of nitrogens with zero attached hydrogens (tertiary/aromatic N) is 3. The van der Waals surface area contributed by atoms with Crippen molar-refractivity contribution in [2.24, 2.45) is 0 Å². The topological polar surface area (TPSA) is 42.7 Å². The van der Waals surface area contributed by atoms with E-state index >= 15 is 0 Å². The number of hydrogen-bond acceptors (Lipinski definition) is 3. The van der Waals surface area contributed by atoms with E-state index in [9.17, 15) is 13.2 Å². The van der Waals surface area contributed by atoms with Gasteiger partial charge in [-0.25, -0.2) is 4.68 Å². The molecule has 3 heterocycles. The van der Waals surface area contributed by atoms with Crippen LogP contribution in [0.25, 0.3) is 17.1 Å². The van der Waals surface area contributed by atoms with E-state index in [0.29, 0.717) is 23.8 Å². The molecule has 1 aliphatic heterocycles. The first kappa shape index (κ1) is 16.0. The van der Waals surface area contributed by atoms with Crippen LogP contribution >= 0.6 is 11.6 Å². The van der Waals surface area contributed by atoms with Crippen LogP contribution in [0.15, 0.2) is 42.6 Å². The number of pyridine rings is 1. The largest absolute Gasteiger partial charge is 0.416 e. The lowest BCUT2D eigenvalue weighted by atomic mass is 10.1. The Bertz CT molecular complexity index is 935. The fourth-order valence-corrected chi connectivity index (χ4v) is 3.11. The molecule has 0 atom stereocenters. The number of hydrogen-bond donors (Lipinski definition) is 1. The van der Waals surface area contributed by atoms with Gasteiger partial charge in [-0.2, -0.15) is 18.3 Å². The highest BCUT2D eigenvalue weighted by molar-refractivity contribution is 6.32. The van der Waals surface area contributed by atoms with E-state index in [2.05, 4.69) is 15.4 Å². The highest BCUT2D eigenvalue weighted by Crippen LogP contribution is 2.38. The molecule has 2 aromatic heterocycles. The van der Waals surface area contributed by atoms with Gasteiger partial charge in [0, 0.05) is 18.3 Å². The summed E-state index contributed by atoms with van der Waals surface area (Å²) in [6.45, 7) is 0.684. The van der Waals surface area contributed by atoms with Crippen LogP contribution in [0.2, 0.25) is 5.02 Å². The van der Waals surface area contributed by atoms with Crippen LogP contribution < -0.4 is 5.32 Å². The second kappa shape index (κ2) is 5.77. The number of benzene rings is 1. The molecule has 4 rings (SSSR count). The average Bonchev–Trinajstić information content (AvgIpc) is 3.17. The van der Waals surface area contributed by atoms with Crippen molar-refractivity contribution in [1.82, 2.24) is 14.8 Å². The zero-order chi connectivity index (χ0) is 17.6. The van der Waals surface area contributed by atoms with Gasteiger partial charge in [-0.1, -0.05) is 17.7 Å². The molecular weight excluding hydrogens is 353 g/mol. The molecule has 25 heavy (non-hydrogen) atoms. The van der Waals surface area contributed by atoms with E-state index in [1.54, 1.807) is 12.3 Å². The third-order valence-corrected chi connectivity index (χ3v) is 4.38. The predicted octanol–water partition coefficient (Wildman–Crippen LogP) is 4.57. The minimum atomic E-state index is -4.45. The Morgan fingerprint density at radius 3 is 2.72 bits per heavy atom. The monoisotopic (exact) mass is 364 g/mol. The lowest BCUT2D eigenvalue weighted by Crippen LogP contribution is -2.09. The van der Waals surface area contributed by atoms with Crippen LogP contribution in [0.4, 0.5) is 19.0 Å². The second-order valence-electron chi connectivity index (χ2n) is 5.64. The molecule has 0 saturated carbocycles. The fraction of sp³-hybridized carbons (Fsp3) is 0.176. The number of rotatable bonds is 2. The van der Waals surface area contributed by atoms with Gasteiger partial charge in [0.05, 0.1) is 22.0 Å². The number of aromatic nitrogens is 3. The summed E-state index contributed by atoms with van der Waals surface area (Å²) in [6, 6.07) is 8.67. The van der Waals surface area contributed by atoms with Crippen LogP contribution in [0, 0.1) is 0 Å². The van der Waals surface area contributed by atoms with Crippen LogP contribution in [0.5, 0.6) is 0 Å². The van der Waals surface area contributed by atoms with E-state index in [0.717, 1.165) is 24.1 Å². The Kier molecular flexibility index (Phi) is 3.68. The Morgan fingerprint density at radius 1 is 1.16 bits per heavy atom. The predicted molar refractivity (Wildman–Crippen MR) is 89.0 cm³/mol. The Labute approximate surface area is 146 Å². The van der Waals surface area contributed by atoms with Gasteiger partial charge >= 0.3 is 6.18 Å². The van der Waals surface area contributed by atoms with Crippen LogP contribution in [0.1, 0.15) is 11.1 Å². The van der Waals surface area contributed by atoms with E-state index < -0.39 is 11.7 Å². The van der Waals surface area contributed by atoms with Gasteiger partial charge in [-0.05, 0) is 36.8 Å². The third-order valence-electron chi connectivity index (χ3n) is 4.06. The van der Waals surface area contributed by atoms with Gasteiger partial charge in [-0.3, -0.25) is 4.98 Å². The van der Waals surface area contributed by atoms with Crippen molar-refractivity contribution in [3.05, 3.63) is 58.7 Å². The molecule has 0 radical (unpaired) electrons. The zero-order valence-corrected chi connectivity index (χ0v) is 13.6. The molecule has 0 amide bonds. The summed E-state index contributed by atoms with van der Waals surface area (Å²) in [7, 11) is 0. The minimum absolute atomic E-state index is 0.185.